The fourth-order valence-electron chi connectivity index (χ4n) is 2.50. The third kappa shape index (κ3) is 7.00. The van der Waals surface area contributed by atoms with Gasteiger partial charge in [0.1, 0.15) is 0 Å². The molecule has 0 N–H and O–H groups in total. The minimum Gasteiger partial charge on any atom is -0.382 e. The minimum absolute atomic E-state index is 0.235. The Morgan fingerprint density at radius 1 is 0.667 bits per heavy atom. The van der Waals surface area contributed by atoms with E-state index >= 15 is 0 Å². The normalized spacial score (nSPS) is 13.4. The summed E-state index contributed by atoms with van der Waals surface area (Å²) < 4.78 is 26.3. The number of rotatable bonds is 15. The van der Waals surface area contributed by atoms with E-state index in [1.807, 2.05) is 0 Å². The van der Waals surface area contributed by atoms with E-state index in [0.717, 1.165) is 0 Å². The van der Waals surface area contributed by atoms with Crippen molar-refractivity contribution in [3.63, 3.8) is 0 Å². The number of hydrogen-bond acceptors (Lipinski definition) is 7. The number of fused-ring (bicyclic) bond motifs is 1. The van der Waals surface area contributed by atoms with Crippen LogP contribution in [0.25, 0.3) is 0 Å². The van der Waals surface area contributed by atoms with Crippen molar-refractivity contribution in [2.24, 2.45) is 0 Å². The Labute approximate surface area is 159 Å². The molecule has 0 unspecified atom stereocenters. The van der Waals surface area contributed by atoms with Gasteiger partial charge < -0.3 is 23.7 Å². The highest BCUT2D eigenvalue weighted by Crippen LogP contribution is 2.21. The smallest absolute Gasteiger partial charge is 0.261 e. The molecule has 1 heterocycles. The summed E-state index contributed by atoms with van der Waals surface area (Å²) in [6.07, 6.45) is 0. The minimum atomic E-state index is -0.265. The molecule has 8 heteroatoms. The topological polar surface area (TPSA) is 83.5 Å². The lowest BCUT2D eigenvalue weighted by Crippen LogP contribution is -2.33. The van der Waals surface area contributed by atoms with Crippen LogP contribution >= 0.6 is 0 Å². The Morgan fingerprint density at radius 3 is 1.52 bits per heavy atom. The highest BCUT2D eigenvalue weighted by Gasteiger charge is 2.34. The highest BCUT2D eigenvalue weighted by atomic mass is 16.6. The van der Waals surface area contributed by atoms with E-state index in [1.165, 1.54) is 4.90 Å². The van der Waals surface area contributed by atoms with Crippen LogP contribution in [0.4, 0.5) is 0 Å². The van der Waals surface area contributed by atoms with Crippen molar-refractivity contribution in [3.05, 3.63) is 35.4 Å². The molecule has 27 heavy (non-hydrogen) atoms. The lowest BCUT2D eigenvalue weighted by molar-refractivity contribution is -0.00872. The van der Waals surface area contributed by atoms with Gasteiger partial charge in [-0.2, -0.15) is 0 Å². The summed E-state index contributed by atoms with van der Waals surface area (Å²) in [4.78, 5) is 25.6. The quantitative estimate of drug-likeness (QED) is 0.331. The van der Waals surface area contributed by atoms with Crippen LogP contribution in [0.5, 0.6) is 0 Å². The van der Waals surface area contributed by atoms with E-state index in [9.17, 15) is 9.59 Å². The molecule has 1 aromatic rings. The number of nitrogens with zero attached hydrogens (tertiary/aromatic N) is 1. The number of benzene rings is 1. The van der Waals surface area contributed by atoms with Gasteiger partial charge in [-0.15, -0.1) is 0 Å². The van der Waals surface area contributed by atoms with Crippen molar-refractivity contribution in [3.8, 4) is 0 Å². The van der Waals surface area contributed by atoms with Crippen LogP contribution < -0.4 is 0 Å². The standard InChI is InChI=1S/C19H27NO7/c1-23-8-9-25-12-13-27-15-14-26-11-10-24-7-6-20-18(21)16-4-2-3-5-17(16)19(20)22/h2-5H,6-15H2,1H3. The Balaban J connectivity index is 1.43. The van der Waals surface area contributed by atoms with Crippen molar-refractivity contribution in [2.45, 2.75) is 0 Å². The first-order valence-electron chi connectivity index (χ1n) is 9.01. The van der Waals surface area contributed by atoms with Crippen LogP contribution in [-0.4, -0.2) is 89.8 Å². The molecule has 2 amide bonds. The summed E-state index contributed by atoms with van der Waals surface area (Å²) in [6.45, 7) is 4.49. The predicted molar refractivity (Wildman–Crippen MR) is 97.0 cm³/mol. The molecule has 0 saturated heterocycles. The van der Waals surface area contributed by atoms with Crippen molar-refractivity contribution in [2.75, 3.05) is 73.1 Å². The van der Waals surface area contributed by atoms with Gasteiger partial charge in [0.25, 0.3) is 11.8 Å². The van der Waals surface area contributed by atoms with Crippen molar-refractivity contribution in [1.82, 2.24) is 4.90 Å². The number of amides is 2. The first-order chi connectivity index (χ1) is 13.3. The third-order valence-electron chi connectivity index (χ3n) is 3.89. The Hall–Kier alpha value is -1.84. The molecule has 1 aliphatic heterocycles. The lowest BCUT2D eigenvalue weighted by Gasteiger charge is -2.13. The molecule has 0 aromatic heterocycles. The molecule has 0 atom stereocenters. The van der Waals surface area contributed by atoms with E-state index in [4.69, 9.17) is 23.7 Å². The molecule has 0 fully saturated rings. The molecule has 0 aliphatic carbocycles. The number of carbonyl (C=O) groups is 2. The van der Waals surface area contributed by atoms with Crippen LogP contribution in [0, 0.1) is 0 Å². The van der Waals surface area contributed by atoms with Gasteiger partial charge in [-0.25, -0.2) is 0 Å². The molecular weight excluding hydrogens is 354 g/mol. The number of methoxy groups -OCH3 is 1. The molecule has 0 radical (unpaired) electrons. The summed E-state index contributed by atoms with van der Waals surface area (Å²) in [5.41, 5.74) is 0.907. The Morgan fingerprint density at radius 2 is 1.07 bits per heavy atom. The fraction of sp³-hybridized carbons (Fsp3) is 0.579. The SMILES string of the molecule is COCCOCCOCCOCCOCCN1C(=O)c2ccccc2C1=O. The average molecular weight is 381 g/mol. The molecule has 0 bridgehead atoms. The maximum Gasteiger partial charge on any atom is 0.261 e. The van der Waals surface area contributed by atoms with Gasteiger partial charge in [-0.1, -0.05) is 12.1 Å². The van der Waals surface area contributed by atoms with Crippen molar-refractivity contribution in [1.29, 1.82) is 0 Å². The van der Waals surface area contributed by atoms with E-state index in [2.05, 4.69) is 0 Å². The van der Waals surface area contributed by atoms with E-state index < -0.39 is 0 Å². The van der Waals surface area contributed by atoms with Crippen LogP contribution in [0.2, 0.25) is 0 Å². The summed E-state index contributed by atoms with van der Waals surface area (Å²) in [6, 6.07) is 6.83. The molecular formula is C19H27NO7. The lowest BCUT2D eigenvalue weighted by atomic mass is 10.1. The van der Waals surface area contributed by atoms with Gasteiger partial charge in [0.15, 0.2) is 0 Å². The molecule has 0 saturated carbocycles. The third-order valence-corrected chi connectivity index (χ3v) is 3.89. The molecule has 2 rings (SSSR count). The van der Waals surface area contributed by atoms with Gasteiger partial charge in [0.05, 0.1) is 77.1 Å². The second kappa shape index (κ2) is 12.5. The maximum atomic E-state index is 12.2. The second-order valence-electron chi connectivity index (χ2n) is 5.75. The first kappa shape index (κ1) is 21.5. The zero-order chi connectivity index (χ0) is 19.3. The zero-order valence-electron chi connectivity index (χ0n) is 15.7. The molecule has 8 nitrogen and oxygen atoms in total. The first-order valence-corrected chi connectivity index (χ1v) is 9.01. The number of carbonyl (C=O) groups excluding carboxylic acids is 2. The molecule has 150 valence electrons. The van der Waals surface area contributed by atoms with Crippen LogP contribution in [0.15, 0.2) is 24.3 Å². The van der Waals surface area contributed by atoms with E-state index in [0.29, 0.717) is 64.0 Å². The monoisotopic (exact) mass is 381 g/mol. The molecule has 1 aromatic carbocycles. The van der Waals surface area contributed by atoms with Crippen molar-refractivity contribution >= 4 is 11.8 Å². The summed E-state index contributed by atoms with van der Waals surface area (Å²) in [7, 11) is 1.63. The van der Waals surface area contributed by atoms with Gasteiger partial charge in [0, 0.05) is 7.11 Å². The average Bonchev–Trinajstić information content (AvgIpc) is 2.93. The maximum absolute atomic E-state index is 12.2. The number of hydrogen-bond donors (Lipinski definition) is 0. The molecule has 0 spiro atoms. The summed E-state index contributed by atoms with van der Waals surface area (Å²) in [5, 5.41) is 0. The second-order valence-corrected chi connectivity index (χ2v) is 5.75. The summed E-state index contributed by atoms with van der Waals surface area (Å²) in [5.74, 6) is -0.530. The predicted octanol–water partition coefficient (Wildman–Crippen LogP) is 0.995. The van der Waals surface area contributed by atoms with E-state index in [1.54, 1.807) is 31.4 Å². The van der Waals surface area contributed by atoms with Crippen LogP contribution in [-0.2, 0) is 23.7 Å². The van der Waals surface area contributed by atoms with Gasteiger partial charge in [-0.05, 0) is 12.1 Å². The summed E-state index contributed by atoms with van der Waals surface area (Å²) >= 11 is 0. The highest BCUT2D eigenvalue weighted by molar-refractivity contribution is 6.21. The van der Waals surface area contributed by atoms with Gasteiger partial charge in [0.2, 0.25) is 0 Å². The zero-order valence-corrected chi connectivity index (χ0v) is 15.7. The fourth-order valence-corrected chi connectivity index (χ4v) is 2.50. The van der Waals surface area contributed by atoms with Crippen LogP contribution in [0.1, 0.15) is 20.7 Å². The van der Waals surface area contributed by atoms with Gasteiger partial charge >= 0.3 is 0 Å². The van der Waals surface area contributed by atoms with Crippen molar-refractivity contribution < 1.29 is 33.3 Å². The Bertz CT molecular complexity index is 558. The largest absolute Gasteiger partial charge is 0.382 e. The van der Waals surface area contributed by atoms with E-state index in [-0.39, 0.29) is 25.0 Å². The number of ether oxygens (including phenoxy) is 5. The molecule has 1 aliphatic rings. The van der Waals surface area contributed by atoms with Crippen LogP contribution in [0.3, 0.4) is 0 Å². The Kier molecular flexibility index (Phi) is 9.96. The van der Waals surface area contributed by atoms with Gasteiger partial charge in [-0.3, -0.25) is 14.5 Å². The number of imide groups is 1.